The molecule has 0 saturated carbocycles. The highest BCUT2D eigenvalue weighted by atomic mass is 32.1. The number of hydrogen-bond donors (Lipinski definition) is 1. The predicted molar refractivity (Wildman–Crippen MR) is 134 cm³/mol. The van der Waals surface area contributed by atoms with Gasteiger partial charge in [-0.1, -0.05) is 59.4 Å². The molecule has 3 heterocycles. The number of thiazole rings is 1. The summed E-state index contributed by atoms with van der Waals surface area (Å²) in [6.45, 7) is 6.39. The summed E-state index contributed by atoms with van der Waals surface area (Å²) in [6, 6.07) is 17.9. The number of hydrogen-bond acceptors (Lipinski definition) is 6. The van der Waals surface area contributed by atoms with Crippen LogP contribution in [0.15, 0.2) is 54.6 Å². The number of morpholine rings is 1. The average molecular weight is 477 g/mol. The van der Waals surface area contributed by atoms with Crippen LogP contribution < -0.4 is 10.2 Å². The van der Waals surface area contributed by atoms with Crippen molar-refractivity contribution in [3.8, 4) is 11.3 Å². The molecule has 176 valence electrons. The van der Waals surface area contributed by atoms with Crippen LogP contribution in [-0.4, -0.2) is 54.5 Å². The van der Waals surface area contributed by atoms with Crippen LogP contribution in [-0.2, 0) is 20.9 Å². The number of nitrogens with one attached hydrogen (secondary N) is 1. The molecular weight excluding hydrogens is 448 g/mol. The van der Waals surface area contributed by atoms with E-state index in [1.807, 2.05) is 61.5 Å². The minimum absolute atomic E-state index is 0.0267. The zero-order chi connectivity index (χ0) is 23.5. The average Bonchev–Trinajstić information content (AvgIpc) is 3.44. The Morgan fingerprint density at radius 1 is 1.12 bits per heavy atom. The van der Waals surface area contributed by atoms with E-state index >= 15 is 0 Å². The van der Waals surface area contributed by atoms with Crippen molar-refractivity contribution in [2.45, 2.75) is 19.9 Å². The number of aromatic nitrogens is 1. The van der Waals surface area contributed by atoms with Crippen LogP contribution in [0.3, 0.4) is 0 Å². The highest BCUT2D eigenvalue weighted by Crippen LogP contribution is 2.33. The maximum absolute atomic E-state index is 13.1. The summed E-state index contributed by atoms with van der Waals surface area (Å²) in [5, 5.41) is 3.58. The molecule has 8 heteroatoms. The largest absolute Gasteiger partial charge is 0.379 e. The minimum Gasteiger partial charge on any atom is -0.379 e. The van der Waals surface area contributed by atoms with Crippen molar-refractivity contribution < 1.29 is 14.3 Å². The molecule has 1 aromatic heterocycles. The van der Waals surface area contributed by atoms with Gasteiger partial charge in [0, 0.05) is 48.7 Å². The first-order chi connectivity index (χ1) is 16.6. The zero-order valence-corrected chi connectivity index (χ0v) is 20.0. The first-order valence-electron chi connectivity index (χ1n) is 11.6. The van der Waals surface area contributed by atoms with Gasteiger partial charge in [0.05, 0.1) is 24.8 Å². The second kappa shape index (κ2) is 10.0. The number of carbonyl (C=O) groups is 2. The van der Waals surface area contributed by atoms with Gasteiger partial charge >= 0.3 is 0 Å². The van der Waals surface area contributed by atoms with E-state index in [4.69, 9.17) is 9.72 Å². The van der Waals surface area contributed by atoms with Gasteiger partial charge in [0.1, 0.15) is 0 Å². The van der Waals surface area contributed by atoms with Crippen LogP contribution >= 0.6 is 11.3 Å². The lowest BCUT2D eigenvalue weighted by Gasteiger charge is -2.26. The molecule has 1 atom stereocenters. The van der Waals surface area contributed by atoms with E-state index in [0.29, 0.717) is 11.7 Å². The highest BCUT2D eigenvalue weighted by Gasteiger charge is 2.35. The SMILES string of the molecule is Cc1ccc(N2CC(C(=O)Nc3nc(-c4ccccc4)c(CN4CCOCC4)s3)CC2=O)cc1. The van der Waals surface area contributed by atoms with Crippen LogP contribution in [0.5, 0.6) is 0 Å². The van der Waals surface area contributed by atoms with Crippen LogP contribution in [0.2, 0.25) is 0 Å². The lowest BCUT2D eigenvalue weighted by molar-refractivity contribution is -0.122. The molecule has 3 aromatic rings. The fourth-order valence-electron chi connectivity index (χ4n) is 4.36. The van der Waals surface area contributed by atoms with Crippen molar-refractivity contribution in [2.24, 2.45) is 5.92 Å². The predicted octanol–water partition coefficient (Wildman–Crippen LogP) is 3.94. The number of benzene rings is 2. The molecule has 1 unspecified atom stereocenters. The third-order valence-corrected chi connectivity index (χ3v) is 7.24. The lowest BCUT2D eigenvalue weighted by atomic mass is 10.1. The minimum atomic E-state index is -0.402. The number of carbonyl (C=O) groups excluding carboxylic acids is 2. The molecule has 2 fully saturated rings. The summed E-state index contributed by atoms with van der Waals surface area (Å²) in [6.07, 6.45) is 0.206. The van der Waals surface area contributed by atoms with Gasteiger partial charge in [0.25, 0.3) is 0 Å². The normalized spacial score (nSPS) is 18.9. The van der Waals surface area contributed by atoms with Crippen molar-refractivity contribution in [3.05, 3.63) is 65.0 Å². The first kappa shape index (κ1) is 22.7. The zero-order valence-electron chi connectivity index (χ0n) is 19.2. The summed E-state index contributed by atoms with van der Waals surface area (Å²) in [7, 11) is 0. The quantitative estimate of drug-likeness (QED) is 0.583. The number of anilines is 2. The molecule has 2 amide bonds. The summed E-state index contributed by atoms with van der Waals surface area (Å²) in [4.78, 5) is 35.7. The van der Waals surface area contributed by atoms with Gasteiger partial charge in [-0.05, 0) is 19.1 Å². The summed E-state index contributed by atoms with van der Waals surface area (Å²) >= 11 is 1.51. The molecule has 0 aliphatic carbocycles. The van der Waals surface area contributed by atoms with Crippen molar-refractivity contribution in [1.29, 1.82) is 0 Å². The van der Waals surface area contributed by atoms with Gasteiger partial charge in [-0.15, -0.1) is 0 Å². The number of nitrogens with zero attached hydrogens (tertiary/aromatic N) is 3. The molecule has 0 bridgehead atoms. The monoisotopic (exact) mass is 476 g/mol. The molecule has 34 heavy (non-hydrogen) atoms. The van der Waals surface area contributed by atoms with Gasteiger partial charge in [-0.25, -0.2) is 4.98 Å². The second-order valence-electron chi connectivity index (χ2n) is 8.78. The van der Waals surface area contributed by atoms with Crippen LogP contribution in [0, 0.1) is 12.8 Å². The number of aryl methyl sites for hydroxylation is 1. The topological polar surface area (TPSA) is 74.8 Å². The van der Waals surface area contributed by atoms with E-state index < -0.39 is 5.92 Å². The molecule has 2 saturated heterocycles. The first-order valence-corrected chi connectivity index (χ1v) is 12.4. The molecule has 7 nitrogen and oxygen atoms in total. The third kappa shape index (κ3) is 5.04. The van der Waals surface area contributed by atoms with Crippen molar-refractivity contribution >= 4 is 34.0 Å². The highest BCUT2D eigenvalue weighted by molar-refractivity contribution is 7.16. The Labute approximate surface area is 203 Å². The standard InChI is InChI=1S/C26H28N4O3S/c1-18-7-9-21(10-8-18)30-16-20(15-23(30)31)25(32)28-26-27-24(19-5-3-2-4-6-19)22(34-26)17-29-11-13-33-14-12-29/h2-10,20H,11-17H2,1H3,(H,27,28,32). The van der Waals surface area contributed by atoms with Crippen molar-refractivity contribution in [2.75, 3.05) is 43.1 Å². The van der Waals surface area contributed by atoms with Gasteiger partial charge in [0.15, 0.2) is 5.13 Å². The van der Waals surface area contributed by atoms with E-state index in [1.54, 1.807) is 4.90 Å². The fourth-order valence-corrected chi connectivity index (χ4v) is 5.39. The third-order valence-electron chi connectivity index (χ3n) is 6.29. The summed E-state index contributed by atoms with van der Waals surface area (Å²) < 4.78 is 5.48. The Morgan fingerprint density at radius 3 is 2.59 bits per heavy atom. The maximum atomic E-state index is 13.1. The maximum Gasteiger partial charge on any atom is 0.231 e. The molecule has 1 N–H and O–H groups in total. The number of amides is 2. The molecular formula is C26H28N4O3S. The van der Waals surface area contributed by atoms with Crippen LogP contribution in [0.1, 0.15) is 16.9 Å². The number of ether oxygens (including phenoxy) is 1. The molecule has 0 spiro atoms. The Bertz CT molecular complexity index is 1160. The van der Waals surface area contributed by atoms with Crippen molar-refractivity contribution in [3.63, 3.8) is 0 Å². The van der Waals surface area contributed by atoms with Crippen molar-refractivity contribution in [1.82, 2.24) is 9.88 Å². The Kier molecular flexibility index (Phi) is 6.71. The van der Waals surface area contributed by atoms with E-state index in [-0.39, 0.29) is 18.2 Å². The molecule has 2 aliphatic heterocycles. The molecule has 5 rings (SSSR count). The lowest BCUT2D eigenvalue weighted by Crippen LogP contribution is -2.35. The summed E-state index contributed by atoms with van der Waals surface area (Å²) in [5.41, 5.74) is 3.90. The summed E-state index contributed by atoms with van der Waals surface area (Å²) in [5.74, 6) is -0.587. The molecule has 2 aliphatic rings. The Morgan fingerprint density at radius 2 is 1.85 bits per heavy atom. The number of rotatable bonds is 6. The smallest absolute Gasteiger partial charge is 0.231 e. The Hall–Kier alpha value is -3.07. The van der Waals surface area contributed by atoms with E-state index in [0.717, 1.165) is 60.2 Å². The van der Waals surface area contributed by atoms with Gasteiger partial charge in [-0.2, -0.15) is 0 Å². The van der Waals surface area contributed by atoms with E-state index in [1.165, 1.54) is 11.3 Å². The van der Waals surface area contributed by atoms with Gasteiger partial charge < -0.3 is 15.0 Å². The van der Waals surface area contributed by atoms with E-state index in [9.17, 15) is 9.59 Å². The molecule has 0 radical (unpaired) electrons. The van der Waals surface area contributed by atoms with Gasteiger partial charge in [-0.3, -0.25) is 14.5 Å². The fraction of sp³-hybridized carbons (Fsp3) is 0.346. The molecule has 2 aromatic carbocycles. The van der Waals surface area contributed by atoms with Gasteiger partial charge in [0.2, 0.25) is 11.8 Å². The van der Waals surface area contributed by atoms with Crippen LogP contribution in [0.4, 0.5) is 10.8 Å². The van der Waals surface area contributed by atoms with E-state index in [2.05, 4.69) is 10.2 Å². The second-order valence-corrected chi connectivity index (χ2v) is 9.86. The van der Waals surface area contributed by atoms with Crippen LogP contribution in [0.25, 0.3) is 11.3 Å². The Balaban J connectivity index is 1.32.